The van der Waals surface area contributed by atoms with E-state index in [0.717, 1.165) is 23.0 Å². The van der Waals surface area contributed by atoms with Crippen molar-refractivity contribution < 1.29 is 0 Å². The van der Waals surface area contributed by atoms with E-state index in [1.54, 1.807) is 4.68 Å². The first-order valence-corrected chi connectivity index (χ1v) is 7.44. The first-order chi connectivity index (χ1) is 9.74. The molecule has 2 bridgehead atoms. The summed E-state index contributed by atoms with van der Waals surface area (Å²) in [5.74, 6) is 0.616. The van der Waals surface area contributed by atoms with Crippen molar-refractivity contribution in [2.75, 3.05) is 19.6 Å². The van der Waals surface area contributed by atoms with Gasteiger partial charge >= 0.3 is 0 Å². The fraction of sp³-hybridized carbons (Fsp3) is 0.500. The summed E-state index contributed by atoms with van der Waals surface area (Å²) in [5, 5.41) is 6.40. The van der Waals surface area contributed by atoms with E-state index in [4.69, 9.17) is 0 Å². The summed E-state index contributed by atoms with van der Waals surface area (Å²) in [6.45, 7) is 5.35. The largest absolute Gasteiger partial charge is 0.301 e. The van der Waals surface area contributed by atoms with Crippen molar-refractivity contribution in [1.82, 2.24) is 14.7 Å². The summed E-state index contributed by atoms with van der Waals surface area (Å²) >= 11 is 0. The van der Waals surface area contributed by atoms with Gasteiger partial charge in [0.2, 0.25) is 0 Å². The summed E-state index contributed by atoms with van der Waals surface area (Å²) in [5.41, 5.74) is 1.03. The van der Waals surface area contributed by atoms with Crippen molar-refractivity contribution in [2.45, 2.75) is 25.8 Å². The number of rotatable bonds is 1. The molecule has 0 N–H and O–H groups in total. The van der Waals surface area contributed by atoms with Crippen LogP contribution >= 0.6 is 0 Å². The molecular weight excluding hydrogens is 250 g/mol. The van der Waals surface area contributed by atoms with Crippen molar-refractivity contribution in [3.63, 3.8) is 0 Å². The Morgan fingerprint density at radius 3 is 2.50 bits per heavy atom. The van der Waals surface area contributed by atoms with E-state index in [0.29, 0.717) is 5.92 Å². The fourth-order valence-electron chi connectivity index (χ4n) is 3.81. The summed E-state index contributed by atoms with van der Waals surface area (Å²) < 4.78 is 1.77. The Hall–Kier alpha value is -1.68. The molecule has 0 aliphatic carbocycles. The monoisotopic (exact) mass is 269 g/mol. The number of nitrogens with zero attached hydrogens (tertiary/aromatic N) is 3. The van der Waals surface area contributed by atoms with Crippen LogP contribution in [-0.4, -0.2) is 34.3 Å². The van der Waals surface area contributed by atoms with Gasteiger partial charge in [-0.05, 0) is 44.8 Å². The summed E-state index contributed by atoms with van der Waals surface area (Å²) in [7, 11) is 0. The highest BCUT2D eigenvalue weighted by molar-refractivity contribution is 5.83. The number of piperidine rings is 3. The van der Waals surface area contributed by atoms with Crippen LogP contribution < -0.4 is 5.56 Å². The first-order valence-electron chi connectivity index (χ1n) is 7.44. The quantitative estimate of drug-likeness (QED) is 0.794. The molecule has 3 aliphatic heterocycles. The van der Waals surface area contributed by atoms with Crippen molar-refractivity contribution in [3.05, 3.63) is 40.3 Å². The maximum absolute atomic E-state index is 12.7. The molecule has 4 heteroatoms. The lowest BCUT2D eigenvalue weighted by molar-refractivity contribution is 0.0489. The van der Waals surface area contributed by atoms with Gasteiger partial charge < -0.3 is 4.90 Å². The predicted octanol–water partition coefficient (Wildman–Crippen LogP) is 1.97. The molecule has 5 rings (SSSR count). The van der Waals surface area contributed by atoms with Crippen LogP contribution in [0.15, 0.2) is 29.1 Å². The molecule has 3 saturated heterocycles. The van der Waals surface area contributed by atoms with Gasteiger partial charge in [0.25, 0.3) is 5.56 Å². The second kappa shape index (κ2) is 4.42. The molecule has 4 heterocycles. The number of benzene rings is 1. The van der Waals surface area contributed by atoms with Crippen LogP contribution in [0.1, 0.15) is 24.6 Å². The molecule has 0 spiro atoms. The van der Waals surface area contributed by atoms with Gasteiger partial charge in [0, 0.05) is 11.9 Å². The molecule has 1 aromatic heterocycles. The van der Waals surface area contributed by atoms with Crippen molar-refractivity contribution in [2.24, 2.45) is 5.92 Å². The van der Waals surface area contributed by atoms with Gasteiger partial charge in [-0.2, -0.15) is 5.10 Å². The second-order valence-corrected chi connectivity index (χ2v) is 6.09. The Kier molecular flexibility index (Phi) is 2.67. The topological polar surface area (TPSA) is 38.1 Å². The van der Waals surface area contributed by atoms with Crippen LogP contribution in [0, 0.1) is 12.8 Å². The van der Waals surface area contributed by atoms with Crippen LogP contribution in [0.4, 0.5) is 0 Å². The highest BCUT2D eigenvalue weighted by Crippen LogP contribution is 2.34. The summed E-state index contributed by atoms with van der Waals surface area (Å²) in [4.78, 5) is 15.2. The molecule has 0 amide bonds. The maximum Gasteiger partial charge on any atom is 0.274 e. The number of hydrogen-bond acceptors (Lipinski definition) is 3. The van der Waals surface area contributed by atoms with Gasteiger partial charge in [0.15, 0.2) is 0 Å². The number of hydrogen-bond donors (Lipinski definition) is 0. The average molecular weight is 269 g/mol. The zero-order valence-electron chi connectivity index (χ0n) is 11.7. The van der Waals surface area contributed by atoms with Gasteiger partial charge in [-0.15, -0.1) is 0 Å². The third kappa shape index (κ3) is 1.71. The summed E-state index contributed by atoms with van der Waals surface area (Å²) in [6.07, 6.45) is 2.40. The maximum atomic E-state index is 12.7. The Morgan fingerprint density at radius 1 is 1.15 bits per heavy atom. The first kappa shape index (κ1) is 12.1. The zero-order valence-corrected chi connectivity index (χ0v) is 11.7. The Balaban J connectivity index is 1.88. The minimum Gasteiger partial charge on any atom is -0.301 e. The van der Waals surface area contributed by atoms with Crippen LogP contribution in [-0.2, 0) is 0 Å². The van der Waals surface area contributed by atoms with E-state index in [1.165, 1.54) is 25.9 Å². The molecule has 104 valence electrons. The minimum atomic E-state index is 0.0740. The third-order valence-electron chi connectivity index (χ3n) is 4.95. The molecule has 4 nitrogen and oxygen atoms in total. The molecule has 0 radical (unpaired) electrons. The molecule has 3 fully saturated rings. The molecule has 2 aromatic rings. The molecular formula is C16H19N3O. The normalized spacial score (nSPS) is 28.9. The second-order valence-electron chi connectivity index (χ2n) is 6.09. The molecule has 3 aliphatic rings. The highest BCUT2D eigenvalue weighted by Gasteiger charge is 2.36. The zero-order chi connectivity index (χ0) is 13.7. The SMILES string of the molecule is Cc1nn(C2CN3CCC2CC3)c(=O)c2ccccc12. The number of fused-ring (bicyclic) bond motifs is 4. The van der Waals surface area contributed by atoms with E-state index in [2.05, 4.69) is 10.00 Å². The van der Waals surface area contributed by atoms with Gasteiger partial charge in [-0.1, -0.05) is 18.2 Å². The smallest absolute Gasteiger partial charge is 0.274 e. The lowest BCUT2D eigenvalue weighted by Crippen LogP contribution is -2.50. The van der Waals surface area contributed by atoms with E-state index >= 15 is 0 Å². The molecule has 1 unspecified atom stereocenters. The van der Waals surface area contributed by atoms with Crippen LogP contribution in [0.3, 0.4) is 0 Å². The van der Waals surface area contributed by atoms with E-state index < -0.39 is 0 Å². The lowest BCUT2D eigenvalue weighted by atomic mass is 9.84. The lowest BCUT2D eigenvalue weighted by Gasteiger charge is -2.44. The van der Waals surface area contributed by atoms with E-state index in [9.17, 15) is 4.79 Å². The van der Waals surface area contributed by atoms with Crippen molar-refractivity contribution in [1.29, 1.82) is 0 Å². The predicted molar refractivity (Wildman–Crippen MR) is 78.9 cm³/mol. The van der Waals surface area contributed by atoms with Gasteiger partial charge in [0.1, 0.15) is 0 Å². The van der Waals surface area contributed by atoms with Crippen LogP contribution in [0.25, 0.3) is 10.8 Å². The van der Waals surface area contributed by atoms with Gasteiger partial charge in [0.05, 0.1) is 17.1 Å². The Morgan fingerprint density at radius 2 is 1.85 bits per heavy atom. The number of aromatic nitrogens is 2. The van der Waals surface area contributed by atoms with Gasteiger partial charge in [-0.3, -0.25) is 4.79 Å². The van der Waals surface area contributed by atoms with Crippen molar-refractivity contribution in [3.8, 4) is 0 Å². The average Bonchev–Trinajstić information content (AvgIpc) is 2.52. The van der Waals surface area contributed by atoms with Gasteiger partial charge in [-0.25, -0.2) is 4.68 Å². The standard InChI is InChI=1S/C16H19N3O/c1-11-13-4-2-3-5-14(13)16(20)19(17-11)15-10-18-8-6-12(15)7-9-18/h2-5,12,15H,6-10H2,1H3. The fourth-order valence-corrected chi connectivity index (χ4v) is 3.81. The highest BCUT2D eigenvalue weighted by atomic mass is 16.1. The summed E-state index contributed by atoms with van der Waals surface area (Å²) in [6, 6.07) is 8.07. The minimum absolute atomic E-state index is 0.0740. The molecule has 0 saturated carbocycles. The molecule has 1 atom stereocenters. The Bertz CT molecular complexity index is 713. The van der Waals surface area contributed by atoms with Crippen LogP contribution in [0.2, 0.25) is 0 Å². The van der Waals surface area contributed by atoms with E-state index in [1.807, 2.05) is 31.2 Å². The van der Waals surface area contributed by atoms with Crippen molar-refractivity contribution >= 4 is 10.8 Å². The van der Waals surface area contributed by atoms with E-state index in [-0.39, 0.29) is 11.6 Å². The third-order valence-corrected chi connectivity index (χ3v) is 4.95. The Labute approximate surface area is 118 Å². The van der Waals surface area contributed by atoms with Crippen LogP contribution in [0.5, 0.6) is 0 Å². The number of aryl methyl sites for hydroxylation is 1. The molecule has 1 aromatic carbocycles. The molecule has 20 heavy (non-hydrogen) atoms.